The number of allylic oxidation sites excluding steroid dienone is 10. The molecule has 4 atom stereocenters. The van der Waals surface area contributed by atoms with Crippen LogP contribution >= 0.6 is 11.8 Å². The molecule has 516 valence electrons. The molecule has 0 radical (unpaired) electrons. The molecule has 0 N–H and O–H groups in total. The van der Waals surface area contributed by atoms with E-state index in [1.807, 2.05) is 25.1 Å². The molecule has 4 unspecified atom stereocenters. The fraction of sp³-hybridized carbons (Fsp3) is 0.392. The molecule has 7 aromatic rings. The Balaban J connectivity index is 0.918. The molecule has 0 aromatic heterocycles. The summed E-state index contributed by atoms with van der Waals surface area (Å²) in [6.45, 7) is 20.8. The second kappa shape index (κ2) is 33.1. The second-order valence-electron chi connectivity index (χ2n) is 32.1. The van der Waals surface area contributed by atoms with E-state index in [1.54, 1.807) is 23.4 Å². The van der Waals surface area contributed by atoms with Crippen LogP contribution in [0.25, 0.3) is 56.7 Å². The number of nitrogens with zero attached hydrogens (tertiary/aromatic N) is 3. The van der Waals surface area contributed by atoms with Gasteiger partial charge in [0, 0.05) is 27.6 Å². The first-order valence-electron chi connectivity index (χ1n) is 38.6. The summed E-state index contributed by atoms with van der Waals surface area (Å²) >= 11 is 1.71. The molecule has 1 aliphatic heterocycles. The lowest BCUT2D eigenvalue weighted by Crippen LogP contribution is -2.17. The Hall–Kier alpha value is -8.46. The van der Waals surface area contributed by atoms with Gasteiger partial charge in [-0.25, -0.2) is 0 Å². The number of rotatable bonds is 24. The van der Waals surface area contributed by atoms with Crippen molar-refractivity contribution in [1.82, 2.24) is 0 Å². The van der Waals surface area contributed by atoms with Gasteiger partial charge < -0.3 is 0 Å². The summed E-state index contributed by atoms with van der Waals surface area (Å²) in [5.41, 5.74) is 31.1. The molecule has 101 heavy (non-hydrogen) atoms. The number of nitriles is 3. The smallest absolute Gasteiger partial charge is 0.130 e. The number of hydrogen-bond acceptors (Lipinski definition) is 4. The van der Waals surface area contributed by atoms with Gasteiger partial charge in [0.1, 0.15) is 17.7 Å². The number of thioether (sulfide) groups is 1. The fourth-order valence-corrected chi connectivity index (χ4v) is 18.0. The van der Waals surface area contributed by atoms with Crippen LogP contribution in [0.4, 0.5) is 0 Å². The van der Waals surface area contributed by atoms with Gasteiger partial charge in [0.2, 0.25) is 0 Å². The quantitative estimate of drug-likeness (QED) is 0.0446. The minimum absolute atomic E-state index is 0.0198. The largest absolute Gasteiger partial charge is 0.193 e. The maximum Gasteiger partial charge on any atom is 0.130 e. The zero-order valence-electron chi connectivity index (χ0n) is 62.1. The highest BCUT2D eigenvalue weighted by Crippen LogP contribution is 2.52. The SMILES string of the molecule is CCCCCCCCC(CCCCCCCC)C1CCc2cc(-c3ccc4c(c3)CCC(c3ccc(C=CC5=CC=C(C=C(C)C#N)C5)cc3)c3cc5c(cc3-4)C(c3ccc(C=CC4CC=C(C=C(C#N)C#N)S4)cc3)CCc3cc(C(C)(C)C)ccc3-5)ccc2-c2ccc(C(C)(C)C)cc21. The van der Waals surface area contributed by atoms with Gasteiger partial charge in [0.15, 0.2) is 0 Å². The maximum atomic E-state index is 9.44. The van der Waals surface area contributed by atoms with E-state index >= 15 is 0 Å². The predicted octanol–water partition coefficient (Wildman–Crippen LogP) is 27.4. The van der Waals surface area contributed by atoms with Crippen LogP contribution in [0.2, 0.25) is 0 Å². The summed E-state index contributed by atoms with van der Waals surface area (Å²) < 4.78 is 0. The third-order valence-corrected chi connectivity index (χ3v) is 24.0. The van der Waals surface area contributed by atoms with Crippen LogP contribution in [0.1, 0.15) is 269 Å². The third kappa shape index (κ3) is 17.5. The molecule has 7 aromatic carbocycles. The van der Waals surface area contributed by atoms with E-state index < -0.39 is 0 Å². The highest BCUT2D eigenvalue weighted by Gasteiger charge is 2.34. The molecule has 1 heterocycles. The van der Waals surface area contributed by atoms with Gasteiger partial charge >= 0.3 is 0 Å². The predicted molar refractivity (Wildman–Crippen MR) is 431 cm³/mol. The molecule has 0 saturated carbocycles. The van der Waals surface area contributed by atoms with Gasteiger partial charge in [-0.3, -0.25) is 0 Å². The van der Waals surface area contributed by atoms with E-state index in [0.717, 1.165) is 55.4 Å². The Kier molecular flexibility index (Phi) is 23.7. The lowest BCUT2D eigenvalue weighted by Gasteiger charge is -2.30. The van der Waals surface area contributed by atoms with Gasteiger partial charge in [0.25, 0.3) is 0 Å². The fourth-order valence-electron chi connectivity index (χ4n) is 16.9. The minimum atomic E-state index is 0.0198. The zero-order valence-corrected chi connectivity index (χ0v) is 62.9. The molecule has 4 heteroatoms. The van der Waals surface area contributed by atoms with E-state index in [2.05, 4.69) is 237 Å². The lowest BCUT2D eigenvalue weighted by atomic mass is 9.74. The van der Waals surface area contributed by atoms with Gasteiger partial charge in [-0.05, 0) is 240 Å². The molecule has 0 amide bonds. The molecular formula is C97H107N3S. The van der Waals surface area contributed by atoms with Gasteiger partial charge in [-0.2, -0.15) is 15.8 Å². The lowest BCUT2D eigenvalue weighted by molar-refractivity contribution is 0.329. The molecular weight excluding hydrogens is 1240 g/mol. The molecule has 5 aliphatic rings. The van der Waals surface area contributed by atoms with E-state index in [0.29, 0.717) is 11.8 Å². The summed E-state index contributed by atoms with van der Waals surface area (Å²) in [4.78, 5) is 0.983. The van der Waals surface area contributed by atoms with Crippen LogP contribution in [0.15, 0.2) is 203 Å². The van der Waals surface area contributed by atoms with E-state index in [-0.39, 0.29) is 33.5 Å². The Morgan fingerprint density at radius 2 is 0.980 bits per heavy atom. The van der Waals surface area contributed by atoms with E-state index in [9.17, 15) is 15.8 Å². The summed E-state index contributed by atoms with van der Waals surface area (Å²) in [7, 11) is 0. The van der Waals surface area contributed by atoms with Gasteiger partial charge in [0.05, 0.1) is 6.07 Å². The summed E-state index contributed by atoms with van der Waals surface area (Å²) in [5.74, 6) is 1.58. The summed E-state index contributed by atoms with van der Waals surface area (Å²) in [6.07, 6.45) is 46.0. The van der Waals surface area contributed by atoms with Crippen molar-refractivity contribution in [3.05, 3.63) is 270 Å². The molecule has 12 rings (SSSR count). The van der Waals surface area contributed by atoms with Gasteiger partial charge in [-0.1, -0.05) is 296 Å². The van der Waals surface area contributed by atoms with Crippen molar-refractivity contribution < 1.29 is 0 Å². The Bertz CT molecular complexity index is 4460. The number of fused-ring (bicyclic) bond motifs is 9. The number of aryl methyl sites for hydroxylation is 3. The first kappa shape index (κ1) is 72.3. The second-order valence-corrected chi connectivity index (χ2v) is 33.4. The van der Waals surface area contributed by atoms with Crippen molar-refractivity contribution in [1.29, 1.82) is 15.8 Å². The van der Waals surface area contributed by atoms with E-state index in [4.69, 9.17) is 0 Å². The number of benzene rings is 7. The van der Waals surface area contributed by atoms with Crippen molar-refractivity contribution in [2.24, 2.45) is 5.92 Å². The Morgan fingerprint density at radius 3 is 1.53 bits per heavy atom. The summed E-state index contributed by atoms with van der Waals surface area (Å²) in [5, 5.41) is 28.5. The monoisotopic (exact) mass is 1350 g/mol. The first-order valence-corrected chi connectivity index (χ1v) is 39.5. The molecule has 0 saturated heterocycles. The van der Waals surface area contributed by atoms with Crippen LogP contribution in [-0.4, -0.2) is 5.25 Å². The highest BCUT2D eigenvalue weighted by atomic mass is 32.2. The van der Waals surface area contributed by atoms with Crippen LogP contribution in [0.5, 0.6) is 0 Å². The number of hydrogen-bond donors (Lipinski definition) is 0. The van der Waals surface area contributed by atoms with Crippen LogP contribution in [0.3, 0.4) is 0 Å². The van der Waals surface area contributed by atoms with Crippen LogP contribution in [0, 0.1) is 39.9 Å². The van der Waals surface area contributed by atoms with Crippen molar-refractivity contribution in [3.8, 4) is 62.7 Å². The standard InChI is InChI=1S/C97H107N3S/c1-10-12-14-16-18-20-22-72(23-21-19-17-15-13-11-2)84-49-39-77-57-75(37-47-87(77)90-53-43-81(60-91(84)90)97(7,8)9)76-38-48-88-78(58-76)40-50-85(73-33-28-67(29-34-73)24-25-69-26-27-70(55-69)54-66(3)63-98)92-62-95-89-52-42-80(96(4,5)6)59-79(89)41-51-86(93(95)61-94(88)92)74-35-30-68(31-36-74)32-44-82-45-46-83(101-82)56-71(64-99)65-100/h24-38,42-44,46-48,52-54,56-62,72,82,84-86H,10-23,39-41,45,49-51,55H2,1-9H3. The van der Waals surface area contributed by atoms with Gasteiger partial charge in [-0.15, -0.1) is 11.8 Å². The number of unbranched alkanes of at least 4 members (excludes halogenated alkanes) is 10. The van der Waals surface area contributed by atoms with Crippen molar-refractivity contribution in [3.63, 3.8) is 0 Å². The van der Waals surface area contributed by atoms with Crippen molar-refractivity contribution in [2.45, 2.75) is 237 Å². The average Bonchev–Trinajstić information content (AvgIpc) is 1.68. The molecule has 0 fully saturated rings. The molecule has 4 aliphatic carbocycles. The van der Waals surface area contributed by atoms with Crippen molar-refractivity contribution >= 4 is 23.9 Å². The average molecular weight is 1350 g/mol. The molecule has 0 spiro atoms. The van der Waals surface area contributed by atoms with E-state index in [1.165, 1.54) is 213 Å². The first-order chi connectivity index (χ1) is 49.0. The van der Waals surface area contributed by atoms with Crippen molar-refractivity contribution in [2.75, 3.05) is 0 Å². The van der Waals surface area contributed by atoms with Crippen LogP contribution < -0.4 is 0 Å². The third-order valence-electron chi connectivity index (χ3n) is 22.8. The van der Waals surface area contributed by atoms with Crippen LogP contribution in [-0.2, 0) is 30.1 Å². The normalized spacial score (nSPS) is 18.0. The topological polar surface area (TPSA) is 71.4 Å². The molecule has 3 nitrogen and oxygen atoms in total. The maximum absolute atomic E-state index is 9.44. The zero-order chi connectivity index (χ0) is 70.6. The Morgan fingerprint density at radius 1 is 0.485 bits per heavy atom. The highest BCUT2D eigenvalue weighted by molar-refractivity contribution is 8.04. The summed E-state index contributed by atoms with van der Waals surface area (Å²) in [6, 6.07) is 60.6. The Labute approximate surface area is 611 Å². The minimum Gasteiger partial charge on any atom is -0.193 e. The molecule has 0 bridgehead atoms.